The van der Waals surface area contributed by atoms with Crippen LogP contribution in [0.1, 0.15) is 0 Å². The van der Waals surface area contributed by atoms with Gasteiger partial charge in [0.15, 0.2) is 0 Å². The standard InChI is InChI=1S/C17H15N5O/c23-8-7-22-11-19-15-9-13(5-6-16(15)22)20-17-18-10-12-3-1-2-4-14(12)21-17/h1-6,9-11,23H,7-8H2,(H,18,20,21). The molecule has 2 aromatic heterocycles. The number of nitrogens with zero attached hydrogens (tertiary/aromatic N) is 4. The van der Waals surface area contributed by atoms with Crippen LogP contribution in [0.2, 0.25) is 0 Å². The van der Waals surface area contributed by atoms with Crippen LogP contribution in [0.15, 0.2) is 55.0 Å². The molecule has 6 heteroatoms. The highest BCUT2D eigenvalue weighted by molar-refractivity contribution is 5.82. The molecular weight excluding hydrogens is 290 g/mol. The van der Waals surface area contributed by atoms with E-state index in [1.165, 1.54) is 0 Å². The number of para-hydroxylation sites is 1. The van der Waals surface area contributed by atoms with Crippen molar-refractivity contribution in [1.29, 1.82) is 0 Å². The SMILES string of the molecule is OCCn1cnc2cc(Nc3ncc4ccccc4n3)ccc21. The van der Waals surface area contributed by atoms with E-state index in [1.54, 1.807) is 12.5 Å². The van der Waals surface area contributed by atoms with E-state index in [0.717, 1.165) is 27.6 Å². The van der Waals surface area contributed by atoms with Crippen LogP contribution in [0.25, 0.3) is 21.9 Å². The van der Waals surface area contributed by atoms with E-state index in [0.29, 0.717) is 12.5 Å². The zero-order valence-electron chi connectivity index (χ0n) is 12.3. The molecular formula is C17H15N5O. The van der Waals surface area contributed by atoms with Gasteiger partial charge in [0.1, 0.15) is 0 Å². The van der Waals surface area contributed by atoms with E-state index >= 15 is 0 Å². The predicted octanol–water partition coefficient (Wildman–Crippen LogP) is 2.72. The fourth-order valence-electron chi connectivity index (χ4n) is 2.59. The summed E-state index contributed by atoms with van der Waals surface area (Å²) < 4.78 is 1.92. The van der Waals surface area contributed by atoms with Gasteiger partial charge < -0.3 is 15.0 Å². The Bertz CT molecular complexity index is 979. The average molecular weight is 305 g/mol. The summed E-state index contributed by atoms with van der Waals surface area (Å²) in [4.78, 5) is 13.2. The van der Waals surface area contributed by atoms with Gasteiger partial charge in [-0.3, -0.25) is 0 Å². The van der Waals surface area contributed by atoms with Crippen LogP contribution in [-0.4, -0.2) is 31.2 Å². The summed E-state index contributed by atoms with van der Waals surface area (Å²) in [6, 6.07) is 13.7. The Morgan fingerprint density at radius 1 is 1.04 bits per heavy atom. The van der Waals surface area contributed by atoms with Gasteiger partial charge in [-0.1, -0.05) is 18.2 Å². The molecule has 0 unspecified atom stereocenters. The highest BCUT2D eigenvalue weighted by Crippen LogP contribution is 2.21. The van der Waals surface area contributed by atoms with Gasteiger partial charge in [0.25, 0.3) is 0 Å². The molecule has 0 atom stereocenters. The normalized spacial score (nSPS) is 11.2. The Labute approximate surface area is 132 Å². The fourth-order valence-corrected chi connectivity index (χ4v) is 2.59. The Kier molecular flexibility index (Phi) is 3.36. The van der Waals surface area contributed by atoms with Gasteiger partial charge in [-0.25, -0.2) is 15.0 Å². The second-order valence-corrected chi connectivity index (χ2v) is 5.24. The highest BCUT2D eigenvalue weighted by atomic mass is 16.3. The third-order valence-corrected chi connectivity index (χ3v) is 3.71. The van der Waals surface area contributed by atoms with Crippen molar-refractivity contribution in [2.24, 2.45) is 0 Å². The first-order valence-electron chi connectivity index (χ1n) is 7.38. The molecule has 0 amide bonds. The largest absolute Gasteiger partial charge is 0.395 e. The van der Waals surface area contributed by atoms with Crippen molar-refractivity contribution >= 4 is 33.6 Å². The number of imidazole rings is 1. The molecule has 6 nitrogen and oxygen atoms in total. The zero-order chi connectivity index (χ0) is 15.6. The number of aromatic nitrogens is 4. The number of anilines is 2. The van der Waals surface area contributed by atoms with Gasteiger partial charge in [0.2, 0.25) is 5.95 Å². The van der Waals surface area contributed by atoms with E-state index in [-0.39, 0.29) is 6.61 Å². The lowest BCUT2D eigenvalue weighted by Crippen LogP contribution is -2.00. The van der Waals surface area contributed by atoms with Crippen LogP contribution < -0.4 is 5.32 Å². The first kappa shape index (κ1) is 13.7. The summed E-state index contributed by atoms with van der Waals surface area (Å²) in [5.41, 5.74) is 3.63. The lowest BCUT2D eigenvalue weighted by Gasteiger charge is -2.06. The molecule has 0 fully saturated rings. The number of aliphatic hydroxyl groups excluding tert-OH is 1. The van der Waals surface area contributed by atoms with Crippen LogP contribution in [-0.2, 0) is 6.54 Å². The van der Waals surface area contributed by atoms with Crippen molar-refractivity contribution in [3.05, 3.63) is 55.0 Å². The third kappa shape index (κ3) is 2.60. The van der Waals surface area contributed by atoms with Crippen LogP contribution in [0.3, 0.4) is 0 Å². The van der Waals surface area contributed by atoms with Gasteiger partial charge in [0, 0.05) is 23.8 Å². The quantitative estimate of drug-likeness (QED) is 0.606. The van der Waals surface area contributed by atoms with E-state index in [9.17, 15) is 0 Å². The van der Waals surface area contributed by atoms with Crippen molar-refractivity contribution in [3.8, 4) is 0 Å². The van der Waals surface area contributed by atoms with Crippen molar-refractivity contribution in [2.75, 3.05) is 11.9 Å². The van der Waals surface area contributed by atoms with E-state index in [4.69, 9.17) is 5.11 Å². The maximum absolute atomic E-state index is 9.06. The highest BCUT2D eigenvalue weighted by Gasteiger charge is 2.05. The summed E-state index contributed by atoms with van der Waals surface area (Å²) in [5.74, 6) is 0.554. The molecule has 0 aliphatic heterocycles. The minimum atomic E-state index is 0.0936. The number of benzene rings is 2. The van der Waals surface area contributed by atoms with Crippen LogP contribution in [0.5, 0.6) is 0 Å². The molecule has 2 aromatic carbocycles. The average Bonchev–Trinajstić information content (AvgIpc) is 2.97. The number of hydrogen-bond acceptors (Lipinski definition) is 5. The van der Waals surface area contributed by atoms with E-state index in [2.05, 4.69) is 20.3 Å². The van der Waals surface area contributed by atoms with Gasteiger partial charge in [-0.2, -0.15) is 0 Å². The van der Waals surface area contributed by atoms with Crippen LogP contribution in [0.4, 0.5) is 11.6 Å². The lowest BCUT2D eigenvalue weighted by atomic mass is 10.2. The summed E-state index contributed by atoms with van der Waals surface area (Å²) in [6.45, 7) is 0.632. The summed E-state index contributed by atoms with van der Waals surface area (Å²) in [7, 11) is 0. The molecule has 0 spiro atoms. The van der Waals surface area contributed by atoms with Crippen molar-refractivity contribution in [3.63, 3.8) is 0 Å². The van der Waals surface area contributed by atoms with Gasteiger partial charge in [-0.15, -0.1) is 0 Å². The minimum Gasteiger partial charge on any atom is -0.395 e. The molecule has 0 saturated carbocycles. The fraction of sp³-hybridized carbons (Fsp3) is 0.118. The maximum atomic E-state index is 9.06. The Hall–Kier alpha value is -2.99. The second kappa shape index (κ2) is 5.66. The van der Waals surface area contributed by atoms with Crippen molar-refractivity contribution < 1.29 is 5.11 Å². The molecule has 4 rings (SSSR count). The summed E-state index contributed by atoms with van der Waals surface area (Å²) >= 11 is 0. The van der Waals surface area contributed by atoms with Gasteiger partial charge >= 0.3 is 0 Å². The number of nitrogens with one attached hydrogen (secondary N) is 1. The lowest BCUT2D eigenvalue weighted by molar-refractivity contribution is 0.278. The smallest absolute Gasteiger partial charge is 0.227 e. The molecule has 4 aromatic rings. The number of fused-ring (bicyclic) bond motifs is 2. The zero-order valence-corrected chi connectivity index (χ0v) is 12.3. The summed E-state index contributed by atoms with van der Waals surface area (Å²) in [6.07, 6.45) is 3.54. The molecule has 23 heavy (non-hydrogen) atoms. The number of aliphatic hydroxyl groups is 1. The predicted molar refractivity (Wildman–Crippen MR) is 89.6 cm³/mol. The number of hydrogen-bond donors (Lipinski definition) is 2. The van der Waals surface area contributed by atoms with Crippen LogP contribution in [0, 0.1) is 0 Å². The maximum Gasteiger partial charge on any atom is 0.227 e. The molecule has 0 saturated heterocycles. The third-order valence-electron chi connectivity index (χ3n) is 3.71. The van der Waals surface area contributed by atoms with Gasteiger partial charge in [0.05, 0.1) is 29.5 Å². The van der Waals surface area contributed by atoms with Crippen LogP contribution >= 0.6 is 0 Å². The minimum absolute atomic E-state index is 0.0936. The van der Waals surface area contributed by atoms with Gasteiger partial charge in [-0.05, 0) is 24.3 Å². The monoisotopic (exact) mass is 305 g/mol. The van der Waals surface area contributed by atoms with E-state index in [1.807, 2.05) is 47.0 Å². The topological polar surface area (TPSA) is 75.9 Å². The molecule has 114 valence electrons. The molecule has 0 aliphatic rings. The molecule has 0 bridgehead atoms. The first-order valence-corrected chi connectivity index (χ1v) is 7.38. The van der Waals surface area contributed by atoms with Crippen molar-refractivity contribution in [1.82, 2.24) is 19.5 Å². The number of rotatable bonds is 4. The Morgan fingerprint density at radius 2 is 1.96 bits per heavy atom. The molecule has 0 aliphatic carbocycles. The Balaban J connectivity index is 1.65. The summed E-state index contributed by atoms with van der Waals surface area (Å²) in [5, 5.41) is 13.3. The first-order chi connectivity index (χ1) is 11.3. The van der Waals surface area contributed by atoms with Crippen molar-refractivity contribution in [2.45, 2.75) is 6.54 Å². The molecule has 0 radical (unpaired) electrons. The molecule has 2 N–H and O–H groups in total. The van der Waals surface area contributed by atoms with E-state index < -0.39 is 0 Å². The second-order valence-electron chi connectivity index (χ2n) is 5.24. The molecule has 2 heterocycles. The Morgan fingerprint density at radius 3 is 2.87 bits per heavy atom.